The number of nitrogens with two attached hydrogens (primary N) is 1. The number of phenolic OH excluding ortho intramolecular Hbond substituents is 2. The zero-order valence-electron chi connectivity index (χ0n) is 22.9. The Balaban J connectivity index is 1.38. The molecule has 2 aliphatic heterocycles. The lowest BCUT2D eigenvalue weighted by atomic mass is 9.77. The molecule has 2 heterocycles. The molecule has 222 valence electrons. The third kappa shape index (κ3) is 5.51. The SMILES string of the molecule is C[N+](CCCN)(CCCNC(=O)c1ccc2c(c1)C(=O)OC21c2ccc(O)cc2Oc2cc(O)ccc21)CS(=O)(=O)O. The number of carbonyl (C=O) groups is 2. The molecule has 0 aromatic heterocycles. The van der Waals surface area contributed by atoms with Crippen molar-refractivity contribution in [1.82, 2.24) is 5.32 Å². The van der Waals surface area contributed by atoms with E-state index in [4.69, 9.17) is 15.2 Å². The predicted octanol–water partition coefficient (Wildman–Crippen LogP) is 2.43. The van der Waals surface area contributed by atoms with Crippen LogP contribution in [0, 0.1) is 0 Å². The number of amides is 1. The third-order valence-electron chi connectivity index (χ3n) is 7.57. The normalized spacial score (nSPS) is 16.0. The Morgan fingerprint density at radius 1 is 0.952 bits per heavy atom. The zero-order valence-corrected chi connectivity index (χ0v) is 23.7. The smallest absolute Gasteiger partial charge is 0.340 e. The molecule has 6 N–H and O–H groups in total. The van der Waals surface area contributed by atoms with Crippen LogP contribution >= 0.6 is 0 Å². The van der Waals surface area contributed by atoms with Crippen LogP contribution in [0.25, 0.3) is 0 Å². The first kappa shape index (κ1) is 29.3. The maximum Gasteiger partial charge on any atom is 0.340 e. The fourth-order valence-electron chi connectivity index (χ4n) is 5.72. The van der Waals surface area contributed by atoms with Gasteiger partial charge in [-0.1, -0.05) is 6.07 Å². The van der Waals surface area contributed by atoms with Crippen LogP contribution in [-0.2, 0) is 20.5 Å². The van der Waals surface area contributed by atoms with Gasteiger partial charge < -0.3 is 35.2 Å². The minimum atomic E-state index is -4.21. The molecule has 13 heteroatoms. The maximum absolute atomic E-state index is 13.3. The summed E-state index contributed by atoms with van der Waals surface area (Å²) in [7, 11) is -2.49. The Kier molecular flexibility index (Phi) is 7.62. The van der Waals surface area contributed by atoms with E-state index in [9.17, 15) is 32.8 Å². The Hall–Kier alpha value is -4.17. The van der Waals surface area contributed by atoms with Gasteiger partial charge in [0.1, 0.15) is 23.0 Å². The van der Waals surface area contributed by atoms with E-state index in [1.54, 1.807) is 31.3 Å². The number of ether oxygens (including phenoxy) is 2. The molecular formula is C29H32N3O9S+. The van der Waals surface area contributed by atoms with Gasteiger partial charge in [0.2, 0.25) is 5.88 Å². The van der Waals surface area contributed by atoms with Crippen LogP contribution in [0.5, 0.6) is 23.0 Å². The number of fused-ring (bicyclic) bond motifs is 6. The summed E-state index contributed by atoms with van der Waals surface area (Å²) in [6.07, 6.45) is 1.01. The average molecular weight is 599 g/mol. The monoisotopic (exact) mass is 598 g/mol. The molecular weight excluding hydrogens is 566 g/mol. The lowest BCUT2D eigenvalue weighted by molar-refractivity contribution is -0.898. The summed E-state index contributed by atoms with van der Waals surface area (Å²) in [5.41, 5.74) is 5.98. The minimum absolute atomic E-state index is 0.0550. The summed E-state index contributed by atoms with van der Waals surface area (Å²) in [5, 5.41) is 22.9. The molecule has 12 nitrogen and oxygen atoms in total. The highest BCUT2D eigenvalue weighted by Gasteiger charge is 2.53. The second kappa shape index (κ2) is 10.9. The number of nitrogens with one attached hydrogen (secondary N) is 1. The summed E-state index contributed by atoms with van der Waals surface area (Å²) in [4.78, 5) is 26.3. The van der Waals surface area contributed by atoms with Crippen LogP contribution in [0.3, 0.4) is 0 Å². The van der Waals surface area contributed by atoms with Gasteiger partial charge in [0, 0.05) is 53.8 Å². The molecule has 5 rings (SSSR count). The van der Waals surface area contributed by atoms with Crippen molar-refractivity contribution in [3.05, 3.63) is 82.4 Å². The number of hydrogen-bond donors (Lipinski definition) is 5. The van der Waals surface area contributed by atoms with Crippen LogP contribution < -0.4 is 15.8 Å². The van der Waals surface area contributed by atoms with E-state index in [0.29, 0.717) is 49.2 Å². The van der Waals surface area contributed by atoms with E-state index in [1.807, 2.05) is 0 Å². The molecule has 2 aliphatic rings. The van der Waals surface area contributed by atoms with Crippen molar-refractivity contribution in [2.75, 3.05) is 39.1 Å². The number of aromatic hydroxyl groups is 2. The van der Waals surface area contributed by atoms with E-state index in [0.717, 1.165) is 0 Å². The summed E-state index contributed by atoms with van der Waals surface area (Å²) in [6.45, 7) is 1.45. The molecule has 1 atom stereocenters. The van der Waals surface area contributed by atoms with Crippen molar-refractivity contribution in [1.29, 1.82) is 0 Å². The van der Waals surface area contributed by atoms with Gasteiger partial charge in [-0.05, 0) is 42.9 Å². The second-order valence-electron chi connectivity index (χ2n) is 10.8. The molecule has 3 aromatic rings. The Morgan fingerprint density at radius 3 is 2.14 bits per heavy atom. The first-order valence-electron chi connectivity index (χ1n) is 13.3. The predicted molar refractivity (Wildman–Crippen MR) is 151 cm³/mol. The lowest BCUT2D eigenvalue weighted by Gasteiger charge is -2.36. The molecule has 3 aromatic carbocycles. The van der Waals surface area contributed by atoms with Gasteiger partial charge in [-0.25, -0.2) is 4.79 Å². The molecule has 0 radical (unpaired) electrons. The summed E-state index contributed by atoms with van der Waals surface area (Å²) < 4.78 is 44.4. The quantitative estimate of drug-likeness (QED) is 0.100. The van der Waals surface area contributed by atoms with E-state index in [1.165, 1.54) is 30.3 Å². The van der Waals surface area contributed by atoms with Gasteiger partial charge in [-0.2, -0.15) is 8.42 Å². The first-order chi connectivity index (χ1) is 19.8. The minimum Gasteiger partial charge on any atom is -0.508 e. The molecule has 1 amide bonds. The fraction of sp³-hybridized carbons (Fsp3) is 0.310. The van der Waals surface area contributed by atoms with Crippen LogP contribution in [0.4, 0.5) is 0 Å². The van der Waals surface area contributed by atoms with E-state index >= 15 is 0 Å². The average Bonchev–Trinajstić information content (AvgIpc) is 3.20. The zero-order chi connectivity index (χ0) is 30.3. The molecule has 0 aliphatic carbocycles. The van der Waals surface area contributed by atoms with Gasteiger partial charge in [-0.3, -0.25) is 9.35 Å². The molecule has 0 fully saturated rings. The highest BCUT2D eigenvalue weighted by molar-refractivity contribution is 7.85. The van der Waals surface area contributed by atoms with Gasteiger partial charge in [0.25, 0.3) is 5.91 Å². The van der Waals surface area contributed by atoms with Crippen molar-refractivity contribution >= 4 is 22.0 Å². The molecule has 0 bridgehead atoms. The molecule has 0 saturated carbocycles. The van der Waals surface area contributed by atoms with Crippen LogP contribution in [0.1, 0.15) is 50.2 Å². The second-order valence-corrected chi connectivity index (χ2v) is 12.2. The van der Waals surface area contributed by atoms with Gasteiger partial charge in [-0.15, -0.1) is 0 Å². The fourth-order valence-corrected chi connectivity index (χ4v) is 6.77. The van der Waals surface area contributed by atoms with Crippen LogP contribution in [0.15, 0.2) is 54.6 Å². The molecule has 0 saturated heterocycles. The largest absolute Gasteiger partial charge is 0.508 e. The highest BCUT2D eigenvalue weighted by Crippen LogP contribution is 2.57. The first-order valence-corrected chi connectivity index (χ1v) is 15.0. The Labute approximate surface area is 242 Å². The topological polar surface area (TPSA) is 185 Å². The van der Waals surface area contributed by atoms with Crippen molar-refractivity contribution in [3.8, 4) is 23.0 Å². The molecule has 1 unspecified atom stereocenters. The lowest BCUT2D eigenvalue weighted by Crippen LogP contribution is -2.50. The summed E-state index contributed by atoms with van der Waals surface area (Å²) >= 11 is 0. The summed E-state index contributed by atoms with van der Waals surface area (Å²) in [5.74, 6) is -1.14. The van der Waals surface area contributed by atoms with Crippen molar-refractivity contribution in [2.45, 2.75) is 18.4 Å². The number of phenols is 2. The van der Waals surface area contributed by atoms with Gasteiger partial charge in [0.15, 0.2) is 5.60 Å². The maximum atomic E-state index is 13.3. The number of nitrogens with zero attached hydrogens (tertiary/aromatic N) is 1. The number of esters is 1. The van der Waals surface area contributed by atoms with E-state index in [2.05, 4.69) is 5.32 Å². The standard InChI is InChI=1S/C29H31N3O9S/c1-32(12-2-10-30,17-42(37,38)39)13-3-11-31-27(35)18-4-7-22-21(14-18)28(36)41-29(22)23-8-5-19(33)15-25(23)40-26-16-20(34)6-9-24(26)29/h4-9,14-16H,2-3,10-13,17,30H2,1H3,(H3-,31,33,34,35,37,38,39)/p+1. The van der Waals surface area contributed by atoms with E-state index < -0.39 is 33.5 Å². The molecule has 42 heavy (non-hydrogen) atoms. The highest BCUT2D eigenvalue weighted by atomic mass is 32.2. The Morgan fingerprint density at radius 2 is 1.55 bits per heavy atom. The van der Waals surface area contributed by atoms with Gasteiger partial charge in [0.05, 0.1) is 25.7 Å². The summed E-state index contributed by atoms with van der Waals surface area (Å²) in [6, 6.07) is 13.6. The van der Waals surface area contributed by atoms with Crippen molar-refractivity contribution in [3.63, 3.8) is 0 Å². The number of rotatable bonds is 10. The molecule has 1 spiro atoms. The Bertz CT molecular complexity index is 1620. The number of carbonyl (C=O) groups excluding carboxylic acids is 2. The number of quaternary nitrogens is 1. The van der Waals surface area contributed by atoms with Gasteiger partial charge >= 0.3 is 16.1 Å². The number of hydrogen-bond acceptors (Lipinski definition) is 9. The van der Waals surface area contributed by atoms with Crippen LogP contribution in [0.2, 0.25) is 0 Å². The number of benzene rings is 3. The van der Waals surface area contributed by atoms with Crippen molar-refractivity contribution < 1.29 is 46.7 Å². The third-order valence-corrected chi connectivity index (χ3v) is 8.52. The van der Waals surface area contributed by atoms with Crippen molar-refractivity contribution in [2.24, 2.45) is 5.73 Å². The van der Waals surface area contributed by atoms with E-state index in [-0.39, 0.29) is 45.2 Å². The van der Waals surface area contributed by atoms with Crippen LogP contribution in [-0.4, -0.2) is 78.6 Å².